The topological polar surface area (TPSA) is 67.9 Å². The highest BCUT2D eigenvalue weighted by Crippen LogP contribution is 2.22. The second-order valence-corrected chi connectivity index (χ2v) is 7.32. The minimum absolute atomic E-state index is 0.00927. The van der Waals surface area contributed by atoms with E-state index < -0.39 is 0 Å². The maximum atomic E-state index is 12.8. The van der Waals surface area contributed by atoms with Gasteiger partial charge in [0.2, 0.25) is 0 Å². The van der Waals surface area contributed by atoms with E-state index in [1.165, 1.54) is 0 Å². The van der Waals surface area contributed by atoms with Crippen LogP contribution in [0.2, 0.25) is 0 Å². The number of para-hydroxylation sites is 1. The lowest BCUT2D eigenvalue weighted by molar-refractivity contribution is -0.124. The molecule has 0 spiro atoms. The average Bonchev–Trinajstić information content (AvgIpc) is 2.74. The summed E-state index contributed by atoms with van der Waals surface area (Å²) in [5.74, 6) is 1.14. The van der Waals surface area contributed by atoms with Crippen molar-refractivity contribution in [3.63, 3.8) is 0 Å². The van der Waals surface area contributed by atoms with Crippen LogP contribution in [0.1, 0.15) is 34.3 Å². The van der Waals surface area contributed by atoms with Crippen molar-refractivity contribution in [2.75, 3.05) is 26.8 Å². The Hall–Kier alpha value is -3.02. The van der Waals surface area contributed by atoms with Gasteiger partial charge in [0.15, 0.2) is 6.61 Å². The van der Waals surface area contributed by atoms with Crippen molar-refractivity contribution < 1.29 is 19.1 Å². The molecule has 0 aliphatic carbocycles. The minimum Gasteiger partial charge on any atom is -0.496 e. The number of amides is 2. The highest BCUT2D eigenvalue weighted by molar-refractivity contribution is 5.97. The standard InChI is InChI=1S/C23H28N2O4/c1-16-7-6-10-20(17(16)2)29-15-22(26)24-18-11-13-25(14-12-18)23(27)19-8-4-5-9-21(19)28-3/h4-10,18H,11-15H2,1-3H3,(H,24,26). The third-order valence-corrected chi connectivity index (χ3v) is 5.40. The molecule has 1 saturated heterocycles. The summed E-state index contributed by atoms with van der Waals surface area (Å²) in [7, 11) is 1.56. The number of nitrogens with zero attached hydrogens (tertiary/aromatic N) is 1. The molecule has 1 N–H and O–H groups in total. The van der Waals surface area contributed by atoms with Crippen LogP contribution in [0, 0.1) is 13.8 Å². The molecule has 1 aliphatic heterocycles. The first kappa shape index (κ1) is 20.7. The number of carbonyl (C=O) groups is 2. The predicted molar refractivity (Wildman–Crippen MR) is 111 cm³/mol. The Kier molecular flexibility index (Phi) is 6.75. The maximum Gasteiger partial charge on any atom is 0.258 e. The third kappa shape index (κ3) is 5.08. The molecule has 6 heteroatoms. The Morgan fingerprint density at radius 2 is 1.72 bits per heavy atom. The monoisotopic (exact) mass is 396 g/mol. The summed E-state index contributed by atoms with van der Waals surface area (Å²) in [5.41, 5.74) is 2.75. The van der Waals surface area contributed by atoms with E-state index in [4.69, 9.17) is 9.47 Å². The van der Waals surface area contributed by atoms with E-state index >= 15 is 0 Å². The molecule has 0 aromatic heterocycles. The lowest BCUT2D eigenvalue weighted by Crippen LogP contribution is -2.47. The molecule has 2 amide bonds. The number of likely N-dealkylation sites (tertiary alicyclic amines) is 1. The van der Waals surface area contributed by atoms with E-state index in [9.17, 15) is 9.59 Å². The second-order valence-electron chi connectivity index (χ2n) is 7.32. The molecule has 1 fully saturated rings. The van der Waals surface area contributed by atoms with Crippen LogP contribution in [0.4, 0.5) is 0 Å². The molecule has 0 radical (unpaired) electrons. The average molecular weight is 396 g/mol. The van der Waals surface area contributed by atoms with Gasteiger partial charge in [-0.15, -0.1) is 0 Å². The van der Waals surface area contributed by atoms with Gasteiger partial charge in [-0.2, -0.15) is 0 Å². The van der Waals surface area contributed by atoms with Crippen molar-refractivity contribution >= 4 is 11.8 Å². The van der Waals surface area contributed by atoms with Gasteiger partial charge < -0.3 is 19.7 Å². The molecular formula is C23H28N2O4. The Morgan fingerprint density at radius 3 is 2.45 bits per heavy atom. The Bertz CT molecular complexity index is 873. The molecular weight excluding hydrogens is 368 g/mol. The number of methoxy groups -OCH3 is 1. The zero-order chi connectivity index (χ0) is 20.8. The summed E-state index contributed by atoms with van der Waals surface area (Å²) < 4.78 is 11.0. The molecule has 154 valence electrons. The van der Waals surface area contributed by atoms with Crippen LogP contribution in [-0.4, -0.2) is 49.6 Å². The van der Waals surface area contributed by atoms with E-state index in [1.807, 2.05) is 49.1 Å². The van der Waals surface area contributed by atoms with Gasteiger partial charge in [0, 0.05) is 19.1 Å². The van der Waals surface area contributed by atoms with E-state index in [1.54, 1.807) is 19.2 Å². The van der Waals surface area contributed by atoms with Crippen molar-refractivity contribution in [2.45, 2.75) is 32.7 Å². The second kappa shape index (κ2) is 9.45. The van der Waals surface area contributed by atoms with Gasteiger partial charge in [0.25, 0.3) is 11.8 Å². The number of piperidine rings is 1. The van der Waals surface area contributed by atoms with Gasteiger partial charge >= 0.3 is 0 Å². The Labute approximate surface area is 171 Å². The number of benzene rings is 2. The molecule has 1 heterocycles. The van der Waals surface area contributed by atoms with Crippen molar-refractivity contribution in [3.8, 4) is 11.5 Å². The smallest absolute Gasteiger partial charge is 0.258 e. The molecule has 2 aromatic carbocycles. The largest absolute Gasteiger partial charge is 0.496 e. The molecule has 0 bridgehead atoms. The fourth-order valence-corrected chi connectivity index (χ4v) is 3.51. The highest BCUT2D eigenvalue weighted by Gasteiger charge is 2.26. The van der Waals surface area contributed by atoms with Crippen LogP contribution in [0.3, 0.4) is 0 Å². The fraction of sp³-hybridized carbons (Fsp3) is 0.391. The normalized spacial score (nSPS) is 14.4. The zero-order valence-corrected chi connectivity index (χ0v) is 17.2. The molecule has 0 unspecified atom stereocenters. The van der Waals surface area contributed by atoms with Crippen molar-refractivity contribution in [1.82, 2.24) is 10.2 Å². The molecule has 0 saturated carbocycles. The number of rotatable bonds is 6. The summed E-state index contributed by atoms with van der Waals surface area (Å²) >= 11 is 0. The van der Waals surface area contributed by atoms with Gasteiger partial charge in [0.1, 0.15) is 11.5 Å². The van der Waals surface area contributed by atoms with Crippen molar-refractivity contribution in [3.05, 3.63) is 59.2 Å². The Morgan fingerprint density at radius 1 is 1.03 bits per heavy atom. The van der Waals surface area contributed by atoms with Gasteiger partial charge in [-0.3, -0.25) is 9.59 Å². The van der Waals surface area contributed by atoms with Gasteiger partial charge in [-0.25, -0.2) is 0 Å². The molecule has 0 atom stereocenters. The number of hydrogen-bond acceptors (Lipinski definition) is 4. The van der Waals surface area contributed by atoms with Gasteiger partial charge in [0.05, 0.1) is 12.7 Å². The van der Waals surface area contributed by atoms with Crippen LogP contribution in [-0.2, 0) is 4.79 Å². The SMILES string of the molecule is COc1ccccc1C(=O)N1CCC(NC(=O)COc2cccc(C)c2C)CC1. The molecule has 1 aliphatic rings. The van der Waals surface area contributed by atoms with Crippen LogP contribution in [0.15, 0.2) is 42.5 Å². The molecule has 2 aromatic rings. The van der Waals surface area contributed by atoms with Crippen LogP contribution >= 0.6 is 0 Å². The summed E-state index contributed by atoms with van der Waals surface area (Å²) in [6, 6.07) is 13.1. The summed E-state index contributed by atoms with van der Waals surface area (Å²) in [6.45, 7) is 5.18. The predicted octanol–water partition coefficient (Wildman–Crippen LogP) is 3.11. The van der Waals surface area contributed by atoms with E-state index in [-0.39, 0.29) is 24.5 Å². The minimum atomic E-state index is -0.139. The number of carbonyl (C=O) groups excluding carboxylic acids is 2. The van der Waals surface area contributed by atoms with Crippen LogP contribution in [0.5, 0.6) is 11.5 Å². The van der Waals surface area contributed by atoms with Crippen molar-refractivity contribution in [2.24, 2.45) is 0 Å². The fourth-order valence-electron chi connectivity index (χ4n) is 3.51. The molecule has 29 heavy (non-hydrogen) atoms. The van der Waals surface area contributed by atoms with E-state index in [0.29, 0.717) is 24.4 Å². The number of ether oxygens (including phenoxy) is 2. The number of hydrogen-bond donors (Lipinski definition) is 1. The molecule has 6 nitrogen and oxygen atoms in total. The lowest BCUT2D eigenvalue weighted by atomic mass is 10.0. The third-order valence-electron chi connectivity index (χ3n) is 5.40. The first-order valence-electron chi connectivity index (χ1n) is 9.90. The number of aryl methyl sites for hydroxylation is 1. The summed E-state index contributed by atoms with van der Waals surface area (Å²) in [6.07, 6.45) is 1.44. The summed E-state index contributed by atoms with van der Waals surface area (Å²) in [4.78, 5) is 26.8. The van der Waals surface area contributed by atoms with E-state index in [2.05, 4.69) is 5.32 Å². The van der Waals surface area contributed by atoms with Crippen LogP contribution in [0.25, 0.3) is 0 Å². The van der Waals surface area contributed by atoms with Gasteiger partial charge in [-0.05, 0) is 56.0 Å². The molecule has 3 rings (SSSR count). The summed E-state index contributed by atoms with van der Waals surface area (Å²) in [5, 5.41) is 3.02. The Balaban J connectivity index is 1.47. The van der Waals surface area contributed by atoms with Crippen LogP contribution < -0.4 is 14.8 Å². The highest BCUT2D eigenvalue weighted by atomic mass is 16.5. The lowest BCUT2D eigenvalue weighted by Gasteiger charge is -2.32. The quantitative estimate of drug-likeness (QED) is 0.815. The van der Waals surface area contributed by atoms with Gasteiger partial charge in [-0.1, -0.05) is 24.3 Å². The number of nitrogens with one attached hydrogen (secondary N) is 1. The first-order valence-corrected chi connectivity index (χ1v) is 9.90. The maximum absolute atomic E-state index is 12.8. The van der Waals surface area contributed by atoms with Crippen molar-refractivity contribution in [1.29, 1.82) is 0 Å². The van der Waals surface area contributed by atoms with E-state index in [0.717, 1.165) is 29.7 Å². The first-order chi connectivity index (χ1) is 14.0. The zero-order valence-electron chi connectivity index (χ0n) is 17.2.